The van der Waals surface area contributed by atoms with Crippen LogP contribution in [0.3, 0.4) is 0 Å². The van der Waals surface area contributed by atoms with Crippen molar-refractivity contribution in [3.8, 4) is 0 Å². The first kappa shape index (κ1) is 18.1. The molecule has 3 N–H and O–H groups in total. The molecule has 0 radical (unpaired) electrons. The van der Waals surface area contributed by atoms with Gasteiger partial charge < -0.3 is 15.3 Å². The van der Waals surface area contributed by atoms with Crippen molar-refractivity contribution in [1.82, 2.24) is 9.97 Å². The van der Waals surface area contributed by atoms with Crippen molar-refractivity contribution >= 4 is 23.7 Å². The summed E-state index contributed by atoms with van der Waals surface area (Å²) in [6.45, 7) is 1.41. The first-order valence-corrected chi connectivity index (χ1v) is 8.10. The summed E-state index contributed by atoms with van der Waals surface area (Å²) in [4.78, 5) is 40.5. The Kier molecular flexibility index (Phi) is 5.12. The van der Waals surface area contributed by atoms with E-state index in [4.69, 9.17) is 0 Å². The molecule has 1 aromatic heterocycles. The van der Waals surface area contributed by atoms with Crippen LogP contribution < -0.4 is 27.1 Å². The van der Waals surface area contributed by atoms with E-state index >= 15 is 0 Å². The van der Waals surface area contributed by atoms with E-state index in [0.29, 0.717) is 11.3 Å². The Balaban J connectivity index is 2.01. The molecule has 136 valence electrons. The van der Waals surface area contributed by atoms with E-state index in [-0.39, 0.29) is 22.2 Å². The lowest BCUT2D eigenvalue weighted by molar-refractivity contribution is -0.114. The third kappa shape index (κ3) is 4.46. The van der Waals surface area contributed by atoms with Crippen LogP contribution in [0.5, 0.6) is 0 Å². The van der Waals surface area contributed by atoms with Gasteiger partial charge in [-0.1, -0.05) is 30.3 Å². The number of hydrogen-bond acceptors (Lipinski definition) is 3. The number of benzene rings is 2. The van der Waals surface area contributed by atoms with Crippen LogP contribution in [0.4, 0.5) is 10.1 Å². The van der Waals surface area contributed by atoms with Gasteiger partial charge in [-0.3, -0.25) is 14.4 Å². The normalized spacial score (nSPS) is 12.2. The number of amides is 1. The third-order valence-electron chi connectivity index (χ3n) is 3.73. The van der Waals surface area contributed by atoms with Gasteiger partial charge in [0.15, 0.2) is 0 Å². The minimum Gasteiger partial charge on any atom is -0.326 e. The van der Waals surface area contributed by atoms with Gasteiger partial charge in [0, 0.05) is 18.2 Å². The minimum absolute atomic E-state index is 0.0387. The van der Waals surface area contributed by atoms with Crippen molar-refractivity contribution in [3.05, 3.63) is 96.9 Å². The minimum atomic E-state index is -0.543. The molecule has 0 aliphatic rings. The molecule has 0 spiro atoms. The van der Waals surface area contributed by atoms with Gasteiger partial charge in [-0.2, -0.15) is 0 Å². The van der Waals surface area contributed by atoms with Gasteiger partial charge in [-0.25, -0.2) is 4.39 Å². The number of anilines is 1. The summed E-state index contributed by atoms with van der Waals surface area (Å²) >= 11 is 0. The zero-order valence-electron chi connectivity index (χ0n) is 14.4. The van der Waals surface area contributed by atoms with Crippen LogP contribution in [-0.2, 0) is 4.79 Å². The second-order valence-corrected chi connectivity index (χ2v) is 5.85. The molecule has 0 fully saturated rings. The lowest BCUT2D eigenvalue weighted by atomic mass is 10.2. The highest BCUT2D eigenvalue weighted by atomic mass is 19.1. The molecule has 2 aromatic carbocycles. The fourth-order valence-electron chi connectivity index (χ4n) is 2.48. The summed E-state index contributed by atoms with van der Waals surface area (Å²) < 4.78 is 13.7. The first-order valence-electron chi connectivity index (χ1n) is 8.10. The third-order valence-corrected chi connectivity index (χ3v) is 3.73. The maximum atomic E-state index is 13.7. The number of nitrogens with one attached hydrogen (secondary N) is 3. The highest BCUT2D eigenvalue weighted by Gasteiger charge is 2.00. The summed E-state index contributed by atoms with van der Waals surface area (Å²) in [7, 11) is 0. The zero-order chi connectivity index (χ0) is 19.4. The van der Waals surface area contributed by atoms with Gasteiger partial charge >= 0.3 is 0 Å². The Bertz CT molecular complexity index is 1220. The van der Waals surface area contributed by atoms with Crippen LogP contribution in [-0.4, -0.2) is 15.9 Å². The van der Waals surface area contributed by atoms with Crippen molar-refractivity contribution < 1.29 is 9.18 Å². The van der Waals surface area contributed by atoms with E-state index in [0.717, 1.165) is 0 Å². The molecule has 0 saturated carbocycles. The second-order valence-electron chi connectivity index (χ2n) is 5.85. The van der Waals surface area contributed by atoms with Gasteiger partial charge in [0.05, 0.1) is 0 Å². The van der Waals surface area contributed by atoms with Crippen molar-refractivity contribution in [1.29, 1.82) is 0 Å². The molecular formula is C20H16FN3O3. The number of rotatable bonds is 3. The Morgan fingerprint density at radius 1 is 0.926 bits per heavy atom. The Morgan fingerprint density at radius 3 is 2.11 bits per heavy atom. The monoisotopic (exact) mass is 365 g/mol. The molecule has 0 atom stereocenters. The van der Waals surface area contributed by atoms with Crippen molar-refractivity contribution in [3.63, 3.8) is 0 Å². The molecule has 7 heteroatoms. The number of H-pyrrole nitrogens is 2. The maximum absolute atomic E-state index is 13.7. The number of halogens is 1. The first-order chi connectivity index (χ1) is 12.9. The number of carbonyl (C=O) groups is 1. The second kappa shape index (κ2) is 7.65. The van der Waals surface area contributed by atoms with E-state index in [1.54, 1.807) is 30.3 Å². The van der Waals surface area contributed by atoms with Crippen LogP contribution in [0.25, 0.3) is 12.2 Å². The lowest BCUT2D eigenvalue weighted by Crippen LogP contribution is -2.46. The van der Waals surface area contributed by atoms with Crippen molar-refractivity contribution in [2.24, 2.45) is 0 Å². The Hall–Kier alpha value is -3.74. The van der Waals surface area contributed by atoms with Crippen LogP contribution in [0.1, 0.15) is 18.1 Å². The molecule has 0 aliphatic heterocycles. The van der Waals surface area contributed by atoms with E-state index in [1.807, 2.05) is 0 Å². The van der Waals surface area contributed by atoms with Gasteiger partial charge in [-0.15, -0.1) is 0 Å². The predicted molar refractivity (Wildman–Crippen MR) is 101 cm³/mol. The largest absolute Gasteiger partial charge is 0.326 e. The molecule has 0 aliphatic carbocycles. The van der Waals surface area contributed by atoms with Crippen LogP contribution >= 0.6 is 0 Å². The summed E-state index contributed by atoms with van der Waals surface area (Å²) in [5, 5.41) is 2.67. The summed E-state index contributed by atoms with van der Waals surface area (Å²) in [6.07, 6.45) is 2.78. The standard InChI is InChI=1S/C20H16FN3O3/c1-12(25)22-15-8-6-13(7-9-15)10-17-19(26)24-18(20(27)23-17)11-14-4-2-3-5-16(14)21/h2-11H,1H3,(H,22,25)(H,23,27)(H,24,26)/b17-10-,18-11-. The van der Waals surface area contributed by atoms with Gasteiger partial charge in [0.25, 0.3) is 11.1 Å². The smallest absolute Gasteiger partial charge is 0.272 e. The van der Waals surface area contributed by atoms with Crippen LogP contribution in [0, 0.1) is 5.82 Å². The average Bonchev–Trinajstić information content (AvgIpc) is 2.62. The number of aromatic amines is 2. The molecular weight excluding hydrogens is 349 g/mol. The molecule has 3 aromatic rings. The summed E-state index contributed by atoms with van der Waals surface area (Å²) in [5.74, 6) is -0.679. The number of aromatic nitrogens is 2. The van der Waals surface area contributed by atoms with Crippen molar-refractivity contribution in [2.45, 2.75) is 6.92 Å². The number of carbonyl (C=O) groups excluding carboxylic acids is 1. The predicted octanol–water partition coefficient (Wildman–Crippen LogP) is 0.818. The fraction of sp³-hybridized carbons (Fsp3) is 0.0500. The van der Waals surface area contributed by atoms with E-state index in [1.165, 1.54) is 37.3 Å². The summed E-state index contributed by atoms with van der Waals surface area (Å²) in [6, 6.07) is 12.7. The van der Waals surface area contributed by atoms with Gasteiger partial charge in [-0.05, 0) is 35.9 Å². The Morgan fingerprint density at radius 2 is 1.52 bits per heavy atom. The van der Waals surface area contributed by atoms with E-state index in [2.05, 4.69) is 15.3 Å². The molecule has 0 saturated heterocycles. The number of hydrogen-bond donors (Lipinski definition) is 3. The van der Waals surface area contributed by atoms with E-state index in [9.17, 15) is 18.8 Å². The van der Waals surface area contributed by atoms with Crippen LogP contribution in [0.2, 0.25) is 0 Å². The van der Waals surface area contributed by atoms with Crippen LogP contribution in [0.15, 0.2) is 58.1 Å². The highest BCUT2D eigenvalue weighted by Crippen LogP contribution is 2.09. The summed E-state index contributed by atoms with van der Waals surface area (Å²) in [5.41, 5.74) is 0.430. The van der Waals surface area contributed by atoms with E-state index < -0.39 is 16.9 Å². The molecule has 3 rings (SSSR count). The average molecular weight is 365 g/mol. The fourth-order valence-corrected chi connectivity index (χ4v) is 2.48. The maximum Gasteiger partial charge on any atom is 0.272 e. The molecule has 6 nitrogen and oxygen atoms in total. The molecule has 1 heterocycles. The van der Waals surface area contributed by atoms with Gasteiger partial charge in [0.1, 0.15) is 16.5 Å². The Labute approximate surface area is 152 Å². The van der Waals surface area contributed by atoms with Gasteiger partial charge in [0.2, 0.25) is 5.91 Å². The zero-order valence-corrected chi connectivity index (χ0v) is 14.4. The molecule has 27 heavy (non-hydrogen) atoms. The molecule has 1 amide bonds. The highest BCUT2D eigenvalue weighted by molar-refractivity contribution is 5.88. The quantitative estimate of drug-likeness (QED) is 0.641. The SMILES string of the molecule is CC(=O)Nc1ccc(/C=c2\[nH]c(=O)/c(=C/c3ccccc3F)[nH]c2=O)cc1. The molecule has 0 unspecified atom stereocenters. The molecule has 0 bridgehead atoms. The lowest BCUT2D eigenvalue weighted by Gasteiger charge is -2.01. The topological polar surface area (TPSA) is 94.8 Å². The van der Waals surface area contributed by atoms with Crippen molar-refractivity contribution in [2.75, 3.05) is 5.32 Å².